The molecule has 0 aliphatic carbocycles. The maximum absolute atomic E-state index is 14.2. The summed E-state index contributed by atoms with van der Waals surface area (Å²) in [7, 11) is 0. The SMILES string of the molecule is Nc1[nH]nc(-c2ccccc2F)c1C(=O)c1cccc(OCCN2CCOCC2)c1. The minimum Gasteiger partial charge on any atom is -0.492 e. The van der Waals surface area contributed by atoms with Crippen LogP contribution in [0.15, 0.2) is 48.5 Å². The summed E-state index contributed by atoms with van der Waals surface area (Å²) in [5.74, 6) is -0.142. The molecule has 1 fully saturated rings. The molecule has 1 saturated heterocycles. The zero-order valence-electron chi connectivity index (χ0n) is 16.4. The number of carbonyl (C=O) groups is 1. The van der Waals surface area contributed by atoms with E-state index in [0.717, 1.165) is 32.8 Å². The molecule has 7 nitrogen and oxygen atoms in total. The van der Waals surface area contributed by atoms with Crippen LogP contribution in [0.5, 0.6) is 5.75 Å². The van der Waals surface area contributed by atoms with Crippen LogP contribution in [0.1, 0.15) is 15.9 Å². The fraction of sp³-hybridized carbons (Fsp3) is 0.273. The molecule has 3 aromatic rings. The van der Waals surface area contributed by atoms with Crippen LogP contribution in [-0.2, 0) is 4.74 Å². The number of hydrogen-bond donors (Lipinski definition) is 2. The summed E-state index contributed by atoms with van der Waals surface area (Å²) in [5.41, 5.74) is 6.90. The van der Waals surface area contributed by atoms with E-state index in [0.29, 0.717) is 17.9 Å². The number of carbonyl (C=O) groups excluding carboxylic acids is 1. The van der Waals surface area contributed by atoms with Crippen LogP contribution in [-0.4, -0.2) is 60.3 Å². The minimum absolute atomic E-state index is 0.0943. The van der Waals surface area contributed by atoms with Gasteiger partial charge < -0.3 is 15.2 Å². The number of morpholine rings is 1. The third-order valence-electron chi connectivity index (χ3n) is 5.03. The summed E-state index contributed by atoms with van der Waals surface area (Å²) in [6, 6.07) is 13.0. The Kier molecular flexibility index (Phi) is 6.06. The monoisotopic (exact) mass is 410 g/mol. The van der Waals surface area contributed by atoms with Crippen molar-refractivity contribution in [3.63, 3.8) is 0 Å². The summed E-state index contributed by atoms with van der Waals surface area (Å²) in [5, 5.41) is 6.65. The number of aromatic nitrogens is 2. The number of nitrogen functional groups attached to an aromatic ring is 1. The van der Waals surface area contributed by atoms with Gasteiger partial charge in [-0.25, -0.2) is 4.39 Å². The summed E-state index contributed by atoms with van der Waals surface area (Å²) in [4.78, 5) is 15.4. The van der Waals surface area contributed by atoms with Gasteiger partial charge >= 0.3 is 0 Å². The second-order valence-electron chi connectivity index (χ2n) is 7.00. The van der Waals surface area contributed by atoms with E-state index < -0.39 is 5.82 Å². The number of ketones is 1. The summed E-state index contributed by atoms with van der Waals surface area (Å²) >= 11 is 0. The normalized spacial score (nSPS) is 14.6. The second-order valence-corrected chi connectivity index (χ2v) is 7.00. The van der Waals surface area contributed by atoms with Gasteiger partial charge in [0.05, 0.1) is 18.8 Å². The first-order valence-electron chi connectivity index (χ1n) is 9.80. The standard InChI is InChI=1S/C22H23FN4O3/c23-18-7-2-1-6-17(18)20-19(22(24)26-25-20)21(28)15-4-3-5-16(14-15)30-13-10-27-8-11-29-12-9-27/h1-7,14H,8-13H2,(H3,24,25,26). The Labute approximate surface area is 173 Å². The Morgan fingerprint density at radius 3 is 2.80 bits per heavy atom. The summed E-state index contributed by atoms with van der Waals surface area (Å²) in [6.45, 7) is 4.54. The maximum atomic E-state index is 14.2. The Bertz CT molecular complexity index is 1030. The highest BCUT2D eigenvalue weighted by atomic mass is 19.1. The van der Waals surface area contributed by atoms with Gasteiger partial charge in [0.1, 0.15) is 29.7 Å². The molecule has 0 atom stereocenters. The number of hydrogen-bond acceptors (Lipinski definition) is 6. The molecular formula is C22H23FN4O3. The molecule has 0 saturated carbocycles. The predicted octanol–water partition coefficient (Wildman–Crippen LogP) is 2.74. The van der Waals surface area contributed by atoms with Crippen LogP contribution >= 0.6 is 0 Å². The largest absolute Gasteiger partial charge is 0.492 e. The Balaban J connectivity index is 1.51. The number of nitrogens with two attached hydrogens (primary N) is 1. The number of anilines is 1. The quantitative estimate of drug-likeness (QED) is 0.582. The average molecular weight is 410 g/mol. The lowest BCUT2D eigenvalue weighted by atomic mass is 9.99. The van der Waals surface area contributed by atoms with Crippen molar-refractivity contribution in [3.8, 4) is 17.0 Å². The summed E-state index contributed by atoms with van der Waals surface area (Å²) < 4.78 is 25.4. The van der Waals surface area contributed by atoms with E-state index in [1.807, 2.05) is 0 Å². The van der Waals surface area contributed by atoms with E-state index >= 15 is 0 Å². The molecule has 0 amide bonds. The van der Waals surface area contributed by atoms with E-state index in [-0.39, 0.29) is 28.4 Å². The van der Waals surface area contributed by atoms with Crippen molar-refractivity contribution in [1.29, 1.82) is 0 Å². The van der Waals surface area contributed by atoms with Gasteiger partial charge in [-0.1, -0.05) is 24.3 Å². The number of nitrogens with one attached hydrogen (secondary N) is 1. The lowest BCUT2D eigenvalue weighted by Gasteiger charge is -2.26. The van der Waals surface area contributed by atoms with E-state index in [9.17, 15) is 9.18 Å². The first-order valence-corrected chi connectivity index (χ1v) is 9.80. The number of aromatic amines is 1. The number of halogens is 1. The Morgan fingerprint density at radius 2 is 2.00 bits per heavy atom. The molecule has 0 unspecified atom stereocenters. The minimum atomic E-state index is -0.474. The van der Waals surface area contributed by atoms with Gasteiger partial charge in [-0.05, 0) is 24.3 Å². The van der Waals surface area contributed by atoms with E-state index in [1.54, 1.807) is 42.5 Å². The molecule has 1 aliphatic heterocycles. The van der Waals surface area contributed by atoms with Crippen LogP contribution in [0.3, 0.4) is 0 Å². The molecular weight excluding hydrogens is 387 g/mol. The molecule has 4 rings (SSSR count). The first-order chi connectivity index (χ1) is 14.6. The number of ether oxygens (including phenoxy) is 2. The topological polar surface area (TPSA) is 93.5 Å². The first kappa shape index (κ1) is 20.1. The van der Waals surface area contributed by atoms with E-state index in [4.69, 9.17) is 15.2 Å². The highest BCUT2D eigenvalue weighted by Crippen LogP contribution is 2.30. The van der Waals surface area contributed by atoms with Crippen LogP contribution in [0.4, 0.5) is 10.2 Å². The van der Waals surface area contributed by atoms with E-state index in [1.165, 1.54) is 6.07 Å². The van der Waals surface area contributed by atoms with Crippen molar-refractivity contribution in [3.05, 3.63) is 65.5 Å². The zero-order chi connectivity index (χ0) is 20.9. The molecule has 2 heterocycles. The number of nitrogens with zero attached hydrogens (tertiary/aromatic N) is 2. The van der Waals surface area contributed by atoms with Crippen molar-refractivity contribution in [1.82, 2.24) is 15.1 Å². The molecule has 0 bridgehead atoms. The highest BCUT2D eigenvalue weighted by molar-refractivity contribution is 6.15. The molecule has 1 aromatic heterocycles. The fourth-order valence-corrected chi connectivity index (χ4v) is 3.42. The number of benzene rings is 2. The fourth-order valence-electron chi connectivity index (χ4n) is 3.42. The molecule has 0 radical (unpaired) electrons. The molecule has 8 heteroatoms. The predicted molar refractivity (Wildman–Crippen MR) is 111 cm³/mol. The molecule has 0 spiro atoms. The molecule has 1 aliphatic rings. The Morgan fingerprint density at radius 1 is 1.20 bits per heavy atom. The van der Waals surface area contributed by atoms with Crippen molar-refractivity contribution >= 4 is 11.6 Å². The number of H-pyrrole nitrogens is 1. The average Bonchev–Trinajstić information content (AvgIpc) is 3.15. The Hall–Kier alpha value is -3.23. The van der Waals surface area contributed by atoms with Crippen molar-refractivity contribution in [2.24, 2.45) is 0 Å². The number of rotatable bonds is 7. The van der Waals surface area contributed by atoms with Crippen LogP contribution in [0, 0.1) is 5.82 Å². The smallest absolute Gasteiger partial charge is 0.199 e. The van der Waals surface area contributed by atoms with Gasteiger partial charge in [0.2, 0.25) is 0 Å². The molecule has 3 N–H and O–H groups in total. The van der Waals surface area contributed by atoms with Crippen molar-refractivity contribution in [2.45, 2.75) is 0 Å². The third-order valence-corrected chi connectivity index (χ3v) is 5.03. The lowest BCUT2D eigenvalue weighted by Crippen LogP contribution is -2.38. The van der Waals surface area contributed by atoms with Gasteiger partial charge in [-0.3, -0.25) is 14.8 Å². The van der Waals surface area contributed by atoms with Gasteiger partial charge in [0.15, 0.2) is 5.78 Å². The van der Waals surface area contributed by atoms with Crippen LogP contribution < -0.4 is 10.5 Å². The van der Waals surface area contributed by atoms with Crippen LogP contribution in [0.25, 0.3) is 11.3 Å². The van der Waals surface area contributed by atoms with Gasteiger partial charge in [-0.2, -0.15) is 5.10 Å². The molecule has 30 heavy (non-hydrogen) atoms. The van der Waals surface area contributed by atoms with Crippen molar-refractivity contribution < 1.29 is 18.7 Å². The zero-order valence-corrected chi connectivity index (χ0v) is 16.4. The van der Waals surface area contributed by atoms with Crippen LogP contribution in [0.2, 0.25) is 0 Å². The second kappa shape index (κ2) is 9.06. The maximum Gasteiger partial charge on any atom is 0.199 e. The molecule has 2 aromatic carbocycles. The van der Waals surface area contributed by atoms with Gasteiger partial charge in [-0.15, -0.1) is 0 Å². The van der Waals surface area contributed by atoms with Crippen molar-refractivity contribution in [2.75, 3.05) is 45.2 Å². The van der Waals surface area contributed by atoms with E-state index in [2.05, 4.69) is 15.1 Å². The lowest BCUT2D eigenvalue weighted by molar-refractivity contribution is 0.0322. The third kappa shape index (κ3) is 4.34. The molecule has 156 valence electrons. The highest BCUT2D eigenvalue weighted by Gasteiger charge is 2.23. The van der Waals surface area contributed by atoms with Gasteiger partial charge in [0.25, 0.3) is 0 Å². The summed E-state index contributed by atoms with van der Waals surface area (Å²) in [6.07, 6.45) is 0. The van der Waals surface area contributed by atoms with Gasteiger partial charge in [0, 0.05) is 30.8 Å².